The third-order valence-electron chi connectivity index (χ3n) is 6.35. The Balaban J connectivity index is 1.56. The number of pyridine rings is 2. The lowest BCUT2D eigenvalue weighted by atomic mass is 9.77. The highest BCUT2D eigenvalue weighted by atomic mass is 19.1. The number of nitrogens with two attached hydrogens (primary N) is 1. The van der Waals surface area contributed by atoms with Gasteiger partial charge in [0.1, 0.15) is 11.3 Å². The second kappa shape index (κ2) is 7.67. The SMILES string of the molecule is NC1=N[C@@]2(CCO1)c1cc(-c3cccnc3F)ccc1Oc1ncc(C3=CCOCC3)cc12. The van der Waals surface area contributed by atoms with E-state index in [9.17, 15) is 4.39 Å². The first kappa shape index (κ1) is 19.9. The summed E-state index contributed by atoms with van der Waals surface area (Å²) in [6.07, 6.45) is 6.68. The zero-order valence-corrected chi connectivity index (χ0v) is 17.8. The predicted molar refractivity (Wildman–Crippen MR) is 120 cm³/mol. The zero-order valence-electron chi connectivity index (χ0n) is 17.8. The van der Waals surface area contributed by atoms with Gasteiger partial charge in [-0.05, 0) is 53.5 Å². The summed E-state index contributed by atoms with van der Waals surface area (Å²) < 4.78 is 31.6. The van der Waals surface area contributed by atoms with E-state index < -0.39 is 11.5 Å². The van der Waals surface area contributed by atoms with Gasteiger partial charge in [0, 0.05) is 35.5 Å². The number of aromatic nitrogens is 2. The van der Waals surface area contributed by atoms with Gasteiger partial charge in [-0.1, -0.05) is 12.1 Å². The van der Waals surface area contributed by atoms with Crippen molar-refractivity contribution in [3.63, 3.8) is 0 Å². The largest absolute Gasteiger partial charge is 0.465 e. The fourth-order valence-corrected chi connectivity index (χ4v) is 4.72. The van der Waals surface area contributed by atoms with Crippen molar-refractivity contribution in [2.24, 2.45) is 10.7 Å². The van der Waals surface area contributed by atoms with Crippen molar-refractivity contribution in [3.05, 3.63) is 77.5 Å². The fourth-order valence-electron chi connectivity index (χ4n) is 4.72. The minimum atomic E-state index is -0.852. The molecule has 2 aromatic heterocycles. The summed E-state index contributed by atoms with van der Waals surface area (Å²) >= 11 is 0. The number of ether oxygens (including phenoxy) is 3. The van der Waals surface area contributed by atoms with Gasteiger partial charge in [-0.2, -0.15) is 4.39 Å². The topological polar surface area (TPSA) is 91.9 Å². The van der Waals surface area contributed by atoms with Crippen molar-refractivity contribution in [3.8, 4) is 22.8 Å². The van der Waals surface area contributed by atoms with E-state index in [0.717, 1.165) is 23.1 Å². The number of hydrogen-bond acceptors (Lipinski definition) is 7. The first-order chi connectivity index (χ1) is 16.1. The predicted octanol–water partition coefficient (Wildman–Crippen LogP) is 4.17. The van der Waals surface area contributed by atoms with Crippen molar-refractivity contribution in [1.29, 1.82) is 0 Å². The highest BCUT2D eigenvalue weighted by molar-refractivity contribution is 5.77. The van der Waals surface area contributed by atoms with Gasteiger partial charge in [0.2, 0.25) is 11.8 Å². The minimum Gasteiger partial charge on any atom is -0.465 e. The van der Waals surface area contributed by atoms with E-state index in [0.29, 0.717) is 49.0 Å². The van der Waals surface area contributed by atoms with Gasteiger partial charge in [0.05, 0.1) is 19.8 Å². The molecule has 0 saturated carbocycles. The van der Waals surface area contributed by atoms with Gasteiger partial charge < -0.3 is 19.9 Å². The highest BCUT2D eigenvalue weighted by Crippen LogP contribution is 2.52. The highest BCUT2D eigenvalue weighted by Gasteiger charge is 2.45. The van der Waals surface area contributed by atoms with Gasteiger partial charge in [-0.15, -0.1) is 0 Å². The van der Waals surface area contributed by atoms with E-state index in [-0.39, 0.29) is 6.02 Å². The Labute approximate surface area is 189 Å². The molecule has 8 heteroatoms. The van der Waals surface area contributed by atoms with E-state index in [1.165, 1.54) is 11.8 Å². The van der Waals surface area contributed by atoms with Crippen LogP contribution in [0.1, 0.15) is 29.5 Å². The molecule has 1 spiro atoms. The maximum absolute atomic E-state index is 14.5. The van der Waals surface area contributed by atoms with Crippen LogP contribution in [0, 0.1) is 5.95 Å². The Kier molecular flexibility index (Phi) is 4.62. The third kappa shape index (κ3) is 3.25. The molecule has 0 aliphatic carbocycles. The lowest BCUT2D eigenvalue weighted by Crippen LogP contribution is -2.39. The molecule has 33 heavy (non-hydrogen) atoms. The zero-order chi connectivity index (χ0) is 22.4. The number of aliphatic imine (C=N–C) groups is 1. The maximum Gasteiger partial charge on any atom is 0.283 e. The summed E-state index contributed by atoms with van der Waals surface area (Å²) in [5.41, 5.74) is 10.1. The second-order valence-corrected chi connectivity index (χ2v) is 8.19. The summed E-state index contributed by atoms with van der Waals surface area (Å²) in [5, 5.41) is 0. The van der Waals surface area contributed by atoms with E-state index in [4.69, 9.17) is 24.9 Å². The molecule has 166 valence electrons. The standard InChI is InChI=1S/C25H21FN4O3/c26-22-18(2-1-8-28-22)16-3-4-21-19(12-16)25(7-11-32-24(27)30-25)20-13-17(14-29-23(20)33-21)15-5-9-31-10-6-15/h1-5,8,12-14H,6-7,9-11H2,(H2,27,30)/t25-/m0/s1. The normalized spacial score (nSPS) is 21.2. The van der Waals surface area contributed by atoms with Crippen LogP contribution < -0.4 is 10.5 Å². The van der Waals surface area contributed by atoms with Crippen LogP contribution in [0.3, 0.4) is 0 Å². The van der Waals surface area contributed by atoms with Gasteiger partial charge in [0.15, 0.2) is 0 Å². The molecule has 3 aliphatic heterocycles. The van der Waals surface area contributed by atoms with E-state index in [1.54, 1.807) is 12.1 Å². The Morgan fingerprint density at radius 3 is 2.76 bits per heavy atom. The molecule has 1 aromatic carbocycles. The van der Waals surface area contributed by atoms with Crippen molar-refractivity contribution in [1.82, 2.24) is 9.97 Å². The smallest absolute Gasteiger partial charge is 0.283 e. The molecular formula is C25H21FN4O3. The summed E-state index contributed by atoms with van der Waals surface area (Å²) in [7, 11) is 0. The van der Waals surface area contributed by atoms with Gasteiger partial charge in [-0.25, -0.2) is 15.0 Å². The molecule has 0 fully saturated rings. The number of nitrogens with zero attached hydrogens (tertiary/aromatic N) is 3. The Morgan fingerprint density at radius 1 is 1.03 bits per heavy atom. The van der Waals surface area contributed by atoms with Crippen molar-refractivity contribution in [2.45, 2.75) is 18.4 Å². The van der Waals surface area contributed by atoms with Crippen LogP contribution in [0.2, 0.25) is 0 Å². The molecular weight excluding hydrogens is 423 g/mol. The molecule has 3 aromatic rings. The van der Waals surface area contributed by atoms with E-state index in [1.807, 2.05) is 24.4 Å². The average Bonchev–Trinajstić information content (AvgIpc) is 2.85. The second-order valence-electron chi connectivity index (χ2n) is 8.19. The van der Waals surface area contributed by atoms with E-state index >= 15 is 0 Å². The van der Waals surface area contributed by atoms with Gasteiger partial charge in [-0.3, -0.25) is 0 Å². The summed E-state index contributed by atoms with van der Waals surface area (Å²) in [6, 6.07) is 11.1. The first-order valence-electron chi connectivity index (χ1n) is 10.8. The van der Waals surface area contributed by atoms with Crippen molar-refractivity contribution >= 4 is 11.6 Å². The van der Waals surface area contributed by atoms with Crippen LogP contribution in [0.25, 0.3) is 16.7 Å². The molecule has 0 bridgehead atoms. The first-order valence-corrected chi connectivity index (χ1v) is 10.8. The number of benzene rings is 1. The number of fused-ring (bicyclic) bond motifs is 4. The van der Waals surface area contributed by atoms with Crippen molar-refractivity contribution < 1.29 is 18.6 Å². The molecule has 2 N–H and O–H groups in total. The third-order valence-corrected chi connectivity index (χ3v) is 6.35. The molecule has 7 nitrogen and oxygen atoms in total. The molecule has 0 unspecified atom stereocenters. The summed E-state index contributed by atoms with van der Waals surface area (Å²) in [6.45, 7) is 1.64. The van der Waals surface area contributed by atoms with Crippen LogP contribution in [-0.2, 0) is 15.0 Å². The molecule has 0 amide bonds. The molecule has 1 atom stereocenters. The summed E-state index contributed by atoms with van der Waals surface area (Å²) in [5.74, 6) is 0.561. The Hall–Kier alpha value is -3.78. The number of halogens is 1. The maximum atomic E-state index is 14.5. The molecule has 0 saturated heterocycles. The van der Waals surface area contributed by atoms with Gasteiger partial charge >= 0.3 is 0 Å². The lowest BCUT2D eigenvalue weighted by Gasteiger charge is -2.39. The van der Waals surface area contributed by atoms with Crippen LogP contribution in [-0.4, -0.2) is 35.8 Å². The minimum absolute atomic E-state index is 0.105. The van der Waals surface area contributed by atoms with Crippen LogP contribution in [0.5, 0.6) is 11.6 Å². The quantitative estimate of drug-likeness (QED) is 0.597. The van der Waals surface area contributed by atoms with Crippen LogP contribution >= 0.6 is 0 Å². The molecule has 6 rings (SSSR count). The van der Waals surface area contributed by atoms with Crippen molar-refractivity contribution in [2.75, 3.05) is 19.8 Å². The number of hydrogen-bond donors (Lipinski definition) is 1. The van der Waals surface area contributed by atoms with E-state index in [2.05, 4.69) is 22.1 Å². The lowest BCUT2D eigenvalue weighted by molar-refractivity contribution is 0.161. The van der Waals surface area contributed by atoms with Crippen LogP contribution in [0.4, 0.5) is 4.39 Å². The van der Waals surface area contributed by atoms with Crippen LogP contribution in [0.15, 0.2) is 59.9 Å². The van der Waals surface area contributed by atoms with Gasteiger partial charge in [0.25, 0.3) is 6.02 Å². The number of rotatable bonds is 2. The molecule has 0 radical (unpaired) electrons. The summed E-state index contributed by atoms with van der Waals surface area (Å²) in [4.78, 5) is 13.2. The molecule has 3 aliphatic rings. The monoisotopic (exact) mass is 444 g/mol. The Morgan fingerprint density at radius 2 is 1.94 bits per heavy atom. The fraction of sp³-hybridized carbons (Fsp3) is 0.240. The number of amidine groups is 1. The molecule has 5 heterocycles. The Bertz CT molecular complexity index is 1320. The average molecular weight is 444 g/mol.